The summed E-state index contributed by atoms with van der Waals surface area (Å²) in [5.74, 6) is -1.29. The zero-order chi connectivity index (χ0) is 17.4. The number of hydrogen-bond acceptors (Lipinski definition) is 3. The number of carbonyl (C=O) groups excluding carboxylic acids is 1. The molecule has 1 aromatic carbocycles. The molecule has 128 valence electrons. The van der Waals surface area contributed by atoms with Crippen LogP contribution in [0.25, 0.3) is 0 Å². The zero-order valence-corrected chi connectivity index (χ0v) is 14.6. The van der Waals surface area contributed by atoms with Crippen molar-refractivity contribution < 1.29 is 14.7 Å². The van der Waals surface area contributed by atoms with Gasteiger partial charge in [0.05, 0.1) is 12.5 Å². The molecule has 0 spiro atoms. The summed E-state index contributed by atoms with van der Waals surface area (Å²) in [5.41, 5.74) is 2.31. The van der Waals surface area contributed by atoms with Gasteiger partial charge in [-0.3, -0.25) is 14.5 Å². The van der Waals surface area contributed by atoms with Gasteiger partial charge < -0.3 is 10.0 Å². The van der Waals surface area contributed by atoms with E-state index in [1.807, 2.05) is 43.0 Å². The Morgan fingerprint density at radius 3 is 2.35 bits per heavy atom. The standard InChI is InChI=1S/C18H28N2O3/c1-5-10-20(12-16-8-6-14(2)7-9-16)17(21)13-19(4)11-15(3)18(22)23/h6-9,15H,5,10-13H2,1-4H3,(H,22,23). The van der Waals surface area contributed by atoms with Crippen LogP contribution >= 0.6 is 0 Å². The van der Waals surface area contributed by atoms with Gasteiger partial charge in [0.15, 0.2) is 0 Å². The first-order valence-corrected chi connectivity index (χ1v) is 8.08. The molecular formula is C18H28N2O3. The second-order valence-electron chi connectivity index (χ2n) is 6.24. The van der Waals surface area contributed by atoms with Crippen LogP contribution in [0.3, 0.4) is 0 Å². The molecule has 0 aliphatic heterocycles. The third kappa shape index (κ3) is 6.82. The third-order valence-electron chi connectivity index (χ3n) is 3.75. The van der Waals surface area contributed by atoms with Crippen molar-refractivity contribution in [2.24, 2.45) is 5.92 Å². The van der Waals surface area contributed by atoms with Gasteiger partial charge in [-0.15, -0.1) is 0 Å². The third-order valence-corrected chi connectivity index (χ3v) is 3.75. The molecule has 5 nitrogen and oxygen atoms in total. The molecule has 23 heavy (non-hydrogen) atoms. The van der Waals surface area contributed by atoms with Crippen LogP contribution in [0.1, 0.15) is 31.4 Å². The average Bonchev–Trinajstić information content (AvgIpc) is 2.48. The molecule has 0 aliphatic rings. The molecule has 5 heteroatoms. The maximum atomic E-state index is 12.5. The lowest BCUT2D eigenvalue weighted by molar-refractivity contribution is -0.142. The van der Waals surface area contributed by atoms with Crippen molar-refractivity contribution in [3.05, 3.63) is 35.4 Å². The highest BCUT2D eigenvalue weighted by molar-refractivity contribution is 5.78. The molecule has 1 N–H and O–H groups in total. The minimum atomic E-state index is -0.839. The number of nitrogens with zero attached hydrogens (tertiary/aromatic N) is 2. The Hall–Kier alpha value is -1.88. The number of aliphatic carboxylic acids is 1. The molecule has 1 unspecified atom stereocenters. The van der Waals surface area contributed by atoms with E-state index in [9.17, 15) is 9.59 Å². The van der Waals surface area contributed by atoms with Crippen molar-refractivity contribution in [1.82, 2.24) is 9.80 Å². The van der Waals surface area contributed by atoms with Gasteiger partial charge in [-0.25, -0.2) is 0 Å². The molecule has 0 radical (unpaired) electrons. The molecule has 1 atom stereocenters. The maximum Gasteiger partial charge on any atom is 0.307 e. The number of aryl methyl sites for hydroxylation is 1. The second kappa shape index (κ2) is 9.30. The number of carbonyl (C=O) groups is 2. The number of rotatable bonds is 9. The Labute approximate surface area is 138 Å². The summed E-state index contributed by atoms with van der Waals surface area (Å²) in [6, 6.07) is 8.18. The van der Waals surface area contributed by atoms with Crippen LogP contribution in [0.4, 0.5) is 0 Å². The molecule has 0 fully saturated rings. The van der Waals surface area contributed by atoms with Crippen LogP contribution in [0.5, 0.6) is 0 Å². The Kier molecular flexibility index (Phi) is 7.75. The largest absolute Gasteiger partial charge is 0.481 e. The average molecular weight is 320 g/mol. The summed E-state index contributed by atoms with van der Waals surface area (Å²) < 4.78 is 0. The van der Waals surface area contributed by atoms with Crippen LogP contribution < -0.4 is 0 Å². The molecule has 1 rings (SSSR count). The van der Waals surface area contributed by atoms with Crippen molar-refractivity contribution in [2.45, 2.75) is 33.7 Å². The second-order valence-corrected chi connectivity index (χ2v) is 6.24. The summed E-state index contributed by atoms with van der Waals surface area (Å²) >= 11 is 0. The number of carboxylic acids is 1. The highest BCUT2D eigenvalue weighted by atomic mass is 16.4. The molecule has 0 saturated heterocycles. The van der Waals surface area contributed by atoms with E-state index in [0.717, 1.165) is 12.0 Å². The van der Waals surface area contributed by atoms with Crippen molar-refractivity contribution in [1.29, 1.82) is 0 Å². The van der Waals surface area contributed by atoms with Crippen LogP contribution in [-0.2, 0) is 16.1 Å². The lowest BCUT2D eigenvalue weighted by atomic mass is 10.1. The minimum Gasteiger partial charge on any atom is -0.481 e. The number of carboxylic acid groups (broad SMARTS) is 1. The Morgan fingerprint density at radius 1 is 1.22 bits per heavy atom. The predicted molar refractivity (Wildman–Crippen MR) is 91.2 cm³/mol. The van der Waals surface area contributed by atoms with Gasteiger partial charge in [0.2, 0.25) is 5.91 Å². The fourth-order valence-electron chi connectivity index (χ4n) is 2.42. The van der Waals surface area contributed by atoms with Crippen LogP contribution in [-0.4, -0.2) is 53.5 Å². The summed E-state index contributed by atoms with van der Waals surface area (Å²) in [6.07, 6.45) is 0.896. The van der Waals surface area contributed by atoms with E-state index in [1.54, 1.807) is 18.9 Å². The van der Waals surface area contributed by atoms with Crippen molar-refractivity contribution in [3.63, 3.8) is 0 Å². The van der Waals surface area contributed by atoms with Gasteiger partial charge in [-0.2, -0.15) is 0 Å². The van der Waals surface area contributed by atoms with Crippen LogP contribution in [0.15, 0.2) is 24.3 Å². The van der Waals surface area contributed by atoms with Crippen molar-refractivity contribution >= 4 is 11.9 Å². The van der Waals surface area contributed by atoms with Crippen molar-refractivity contribution in [2.75, 3.05) is 26.7 Å². The lowest BCUT2D eigenvalue weighted by Crippen LogP contribution is -2.41. The summed E-state index contributed by atoms with van der Waals surface area (Å²) in [5, 5.41) is 8.95. The SMILES string of the molecule is CCCN(Cc1ccc(C)cc1)C(=O)CN(C)CC(C)C(=O)O. The van der Waals surface area contributed by atoms with Gasteiger partial charge in [0.1, 0.15) is 0 Å². The van der Waals surface area contributed by atoms with Gasteiger partial charge in [0, 0.05) is 19.6 Å². The fourth-order valence-corrected chi connectivity index (χ4v) is 2.42. The van der Waals surface area contributed by atoms with Gasteiger partial charge >= 0.3 is 5.97 Å². The molecule has 0 bridgehead atoms. The van der Waals surface area contributed by atoms with Gasteiger partial charge in [0.25, 0.3) is 0 Å². The van der Waals surface area contributed by atoms with E-state index >= 15 is 0 Å². The number of amides is 1. The first-order valence-electron chi connectivity index (χ1n) is 8.08. The highest BCUT2D eigenvalue weighted by Crippen LogP contribution is 2.09. The fraction of sp³-hybridized carbons (Fsp3) is 0.556. The monoisotopic (exact) mass is 320 g/mol. The number of benzene rings is 1. The van der Waals surface area contributed by atoms with Gasteiger partial charge in [-0.05, 0) is 26.0 Å². The maximum absolute atomic E-state index is 12.5. The predicted octanol–water partition coefficient (Wildman–Crippen LogP) is 2.39. The Balaban J connectivity index is 2.63. The van der Waals surface area contributed by atoms with Gasteiger partial charge in [-0.1, -0.05) is 43.7 Å². The number of likely N-dealkylation sites (N-methyl/N-ethyl adjacent to an activating group) is 1. The summed E-state index contributed by atoms with van der Waals surface area (Å²) in [7, 11) is 1.79. The molecule has 1 aromatic rings. The quantitative estimate of drug-likeness (QED) is 0.759. The molecule has 1 amide bonds. The normalized spacial score (nSPS) is 12.2. The first-order chi connectivity index (χ1) is 10.8. The van der Waals surface area contributed by atoms with Crippen LogP contribution in [0.2, 0.25) is 0 Å². The number of hydrogen-bond donors (Lipinski definition) is 1. The van der Waals surface area contributed by atoms with E-state index in [2.05, 4.69) is 0 Å². The van der Waals surface area contributed by atoms with E-state index < -0.39 is 11.9 Å². The highest BCUT2D eigenvalue weighted by Gasteiger charge is 2.19. The van der Waals surface area contributed by atoms with E-state index in [4.69, 9.17) is 5.11 Å². The van der Waals surface area contributed by atoms with Crippen molar-refractivity contribution in [3.8, 4) is 0 Å². The molecular weight excluding hydrogens is 292 g/mol. The molecule has 0 heterocycles. The summed E-state index contributed by atoms with van der Waals surface area (Å²) in [6.45, 7) is 7.64. The lowest BCUT2D eigenvalue weighted by Gasteiger charge is -2.26. The zero-order valence-electron chi connectivity index (χ0n) is 14.6. The van der Waals surface area contributed by atoms with Crippen LogP contribution in [0, 0.1) is 12.8 Å². The topological polar surface area (TPSA) is 60.9 Å². The Morgan fingerprint density at radius 2 is 1.83 bits per heavy atom. The summed E-state index contributed by atoms with van der Waals surface area (Å²) in [4.78, 5) is 27.0. The van der Waals surface area contributed by atoms with E-state index in [1.165, 1.54) is 5.56 Å². The minimum absolute atomic E-state index is 0.0347. The molecule has 0 aromatic heterocycles. The Bertz CT molecular complexity index is 514. The smallest absolute Gasteiger partial charge is 0.307 e. The first kappa shape index (κ1) is 19.2. The molecule has 0 saturated carbocycles. The van der Waals surface area contributed by atoms with E-state index in [0.29, 0.717) is 19.6 Å². The van der Waals surface area contributed by atoms with E-state index in [-0.39, 0.29) is 12.5 Å². The molecule has 0 aliphatic carbocycles.